The summed E-state index contributed by atoms with van der Waals surface area (Å²) in [6, 6.07) is 13.6. The number of ether oxygens (including phenoxy) is 1. The summed E-state index contributed by atoms with van der Waals surface area (Å²) in [6.07, 6.45) is 1.63. The molecule has 6 nitrogen and oxygen atoms in total. The first-order chi connectivity index (χ1) is 15.2. The molecule has 0 spiro atoms. The molecule has 2 heterocycles. The normalized spacial score (nSPS) is 16.5. The zero-order valence-electron chi connectivity index (χ0n) is 18.6. The molecule has 1 saturated heterocycles. The smallest absolute Gasteiger partial charge is 0.410 e. The highest BCUT2D eigenvalue weighted by molar-refractivity contribution is 6.35. The van der Waals surface area contributed by atoms with Crippen LogP contribution < -0.4 is 5.32 Å². The maximum atomic E-state index is 12.6. The lowest BCUT2D eigenvalue weighted by Crippen LogP contribution is -2.42. The van der Waals surface area contributed by atoms with E-state index in [-0.39, 0.29) is 12.1 Å². The number of likely N-dealkylation sites (tertiary alicyclic amines) is 1. The van der Waals surface area contributed by atoms with E-state index in [9.17, 15) is 4.79 Å². The molecule has 2 aromatic carbocycles. The van der Waals surface area contributed by atoms with Gasteiger partial charge in [-0.15, -0.1) is 0 Å². The molecule has 4 rings (SSSR count). The van der Waals surface area contributed by atoms with E-state index in [1.807, 2.05) is 62.1 Å². The zero-order chi connectivity index (χ0) is 22.9. The van der Waals surface area contributed by atoms with E-state index in [0.717, 1.165) is 35.4 Å². The molecule has 1 amide bonds. The lowest BCUT2D eigenvalue weighted by Gasteiger charge is -2.28. The van der Waals surface area contributed by atoms with Crippen molar-refractivity contribution >= 4 is 46.3 Å². The van der Waals surface area contributed by atoms with Crippen LogP contribution in [0, 0.1) is 0 Å². The quantitative estimate of drug-likeness (QED) is 0.477. The monoisotopic (exact) mass is 474 g/mol. The summed E-state index contributed by atoms with van der Waals surface area (Å²) in [5.41, 5.74) is 2.36. The van der Waals surface area contributed by atoms with Crippen LogP contribution >= 0.6 is 23.2 Å². The number of imidazole rings is 1. The maximum absolute atomic E-state index is 12.6. The molecule has 32 heavy (non-hydrogen) atoms. The van der Waals surface area contributed by atoms with Crippen molar-refractivity contribution in [2.24, 2.45) is 0 Å². The fourth-order valence-electron chi connectivity index (χ4n) is 4.01. The van der Waals surface area contributed by atoms with Gasteiger partial charge in [0.2, 0.25) is 5.95 Å². The Morgan fingerprint density at radius 2 is 2.00 bits per heavy atom. The van der Waals surface area contributed by atoms with Crippen molar-refractivity contribution in [2.45, 2.75) is 51.8 Å². The third-order valence-electron chi connectivity index (χ3n) is 5.50. The van der Waals surface area contributed by atoms with Crippen LogP contribution in [-0.4, -0.2) is 45.3 Å². The van der Waals surface area contributed by atoms with E-state index in [1.54, 1.807) is 6.07 Å². The molecule has 1 unspecified atom stereocenters. The minimum absolute atomic E-state index is 0.0530. The lowest BCUT2D eigenvalue weighted by atomic mass is 10.2. The third-order valence-corrected chi connectivity index (χ3v) is 6.09. The van der Waals surface area contributed by atoms with Gasteiger partial charge in [-0.05, 0) is 63.4 Å². The van der Waals surface area contributed by atoms with Crippen LogP contribution in [-0.2, 0) is 11.3 Å². The maximum Gasteiger partial charge on any atom is 0.410 e. The summed E-state index contributed by atoms with van der Waals surface area (Å²) in [5, 5.41) is 4.70. The number of amides is 1. The second kappa shape index (κ2) is 9.20. The summed E-state index contributed by atoms with van der Waals surface area (Å²) >= 11 is 12.5. The first-order valence-electron chi connectivity index (χ1n) is 10.8. The number of rotatable bonds is 5. The SMILES string of the molecule is CC(C)(C)OC(=O)N1CCCC1CNc1nc2ccccc2n1Cc1ccc(Cl)cc1Cl. The number of anilines is 1. The third kappa shape index (κ3) is 5.13. The van der Waals surface area contributed by atoms with Gasteiger partial charge in [0.25, 0.3) is 0 Å². The molecular weight excluding hydrogens is 447 g/mol. The average Bonchev–Trinajstić information content (AvgIpc) is 3.32. The minimum atomic E-state index is -0.510. The van der Waals surface area contributed by atoms with Crippen molar-refractivity contribution < 1.29 is 9.53 Å². The van der Waals surface area contributed by atoms with Gasteiger partial charge < -0.3 is 19.5 Å². The molecule has 8 heteroatoms. The molecule has 3 aromatic rings. The molecule has 0 aliphatic carbocycles. The highest BCUT2D eigenvalue weighted by Crippen LogP contribution is 2.27. The summed E-state index contributed by atoms with van der Waals surface area (Å²) in [7, 11) is 0. The van der Waals surface area contributed by atoms with Crippen LogP contribution in [0.4, 0.5) is 10.7 Å². The second-order valence-corrected chi connectivity index (χ2v) is 9.94. The molecular formula is C24H28Cl2N4O2. The van der Waals surface area contributed by atoms with Gasteiger partial charge in [0.15, 0.2) is 0 Å². The van der Waals surface area contributed by atoms with Crippen LogP contribution in [0.5, 0.6) is 0 Å². The predicted molar refractivity (Wildman–Crippen MR) is 130 cm³/mol. The van der Waals surface area contributed by atoms with E-state index in [4.69, 9.17) is 32.9 Å². The molecule has 1 aliphatic rings. The Hall–Kier alpha value is -2.44. The highest BCUT2D eigenvalue weighted by Gasteiger charge is 2.32. The molecule has 1 aliphatic heterocycles. The lowest BCUT2D eigenvalue weighted by molar-refractivity contribution is 0.0235. The van der Waals surface area contributed by atoms with Crippen LogP contribution in [0.2, 0.25) is 10.0 Å². The van der Waals surface area contributed by atoms with Gasteiger partial charge in [-0.3, -0.25) is 0 Å². The minimum Gasteiger partial charge on any atom is -0.444 e. The Labute approximate surface area is 198 Å². The summed E-state index contributed by atoms with van der Waals surface area (Å²) in [4.78, 5) is 19.2. The Bertz CT molecular complexity index is 1120. The number of nitrogens with zero attached hydrogens (tertiary/aromatic N) is 3. The van der Waals surface area contributed by atoms with Crippen molar-refractivity contribution in [1.82, 2.24) is 14.5 Å². The Morgan fingerprint density at radius 1 is 1.22 bits per heavy atom. The number of hydrogen-bond donors (Lipinski definition) is 1. The van der Waals surface area contributed by atoms with Gasteiger partial charge in [-0.1, -0.05) is 41.4 Å². The van der Waals surface area contributed by atoms with E-state index in [1.165, 1.54) is 0 Å². The number of carbonyl (C=O) groups is 1. The predicted octanol–water partition coefficient (Wildman–Crippen LogP) is 6.20. The summed E-state index contributed by atoms with van der Waals surface area (Å²) in [6.45, 7) is 7.52. The second-order valence-electron chi connectivity index (χ2n) is 9.10. The molecule has 0 bridgehead atoms. The van der Waals surface area contributed by atoms with Crippen molar-refractivity contribution in [3.63, 3.8) is 0 Å². The van der Waals surface area contributed by atoms with E-state index in [0.29, 0.717) is 29.7 Å². The standard InChI is InChI=1S/C24H28Cl2N4O2/c1-24(2,3)32-23(31)29-12-6-7-18(29)14-27-22-28-20-8-4-5-9-21(20)30(22)15-16-10-11-17(25)13-19(16)26/h4-5,8-11,13,18H,6-7,12,14-15H2,1-3H3,(H,27,28). The van der Waals surface area contributed by atoms with Crippen LogP contribution in [0.3, 0.4) is 0 Å². The topological polar surface area (TPSA) is 59.4 Å². The Morgan fingerprint density at radius 3 is 2.75 bits per heavy atom. The first-order valence-corrected chi connectivity index (χ1v) is 11.6. The number of hydrogen-bond acceptors (Lipinski definition) is 4. The number of nitrogens with one attached hydrogen (secondary N) is 1. The van der Waals surface area contributed by atoms with Gasteiger partial charge >= 0.3 is 6.09 Å². The number of para-hydroxylation sites is 2. The number of fused-ring (bicyclic) bond motifs is 1. The number of carbonyl (C=O) groups excluding carboxylic acids is 1. The number of halogens is 2. The number of aromatic nitrogens is 2. The van der Waals surface area contributed by atoms with Crippen LogP contribution in [0.15, 0.2) is 42.5 Å². The van der Waals surface area contributed by atoms with Gasteiger partial charge in [0.05, 0.1) is 23.6 Å². The van der Waals surface area contributed by atoms with Crippen molar-refractivity contribution in [1.29, 1.82) is 0 Å². The van der Waals surface area contributed by atoms with Gasteiger partial charge in [0.1, 0.15) is 5.60 Å². The van der Waals surface area contributed by atoms with Crippen molar-refractivity contribution in [3.05, 3.63) is 58.1 Å². The zero-order valence-corrected chi connectivity index (χ0v) is 20.1. The van der Waals surface area contributed by atoms with E-state index in [2.05, 4.69) is 9.88 Å². The molecule has 1 N–H and O–H groups in total. The van der Waals surface area contributed by atoms with Gasteiger partial charge in [0, 0.05) is 23.1 Å². The Balaban J connectivity index is 1.55. The fourth-order valence-corrected chi connectivity index (χ4v) is 4.48. The van der Waals surface area contributed by atoms with Crippen LogP contribution in [0.1, 0.15) is 39.2 Å². The van der Waals surface area contributed by atoms with Crippen molar-refractivity contribution in [2.75, 3.05) is 18.4 Å². The highest BCUT2D eigenvalue weighted by atomic mass is 35.5. The largest absolute Gasteiger partial charge is 0.444 e. The van der Waals surface area contributed by atoms with Gasteiger partial charge in [-0.25, -0.2) is 9.78 Å². The van der Waals surface area contributed by atoms with Crippen LogP contribution in [0.25, 0.3) is 11.0 Å². The molecule has 0 radical (unpaired) electrons. The Kier molecular flexibility index (Phi) is 6.54. The fraction of sp³-hybridized carbons (Fsp3) is 0.417. The first kappa shape index (κ1) is 22.7. The van der Waals surface area contributed by atoms with Crippen molar-refractivity contribution in [3.8, 4) is 0 Å². The molecule has 1 fully saturated rings. The number of benzene rings is 2. The molecule has 1 aromatic heterocycles. The molecule has 1 atom stereocenters. The van der Waals surface area contributed by atoms with E-state index >= 15 is 0 Å². The summed E-state index contributed by atoms with van der Waals surface area (Å²) < 4.78 is 7.70. The van der Waals surface area contributed by atoms with E-state index < -0.39 is 5.60 Å². The summed E-state index contributed by atoms with van der Waals surface area (Å²) in [5.74, 6) is 0.744. The molecule has 170 valence electrons. The van der Waals surface area contributed by atoms with Gasteiger partial charge in [-0.2, -0.15) is 0 Å². The molecule has 0 saturated carbocycles. The average molecular weight is 475 g/mol.